The Kier molecular flexibility index (Phi) is 13.0. The fourth-order valence-electron chi connectivity index (χ4n) is 8.47. The van der Waals surface area contributed by atoms with Gasteiger partial charge in [0.05, 0.1) is 37.4 Å². The van der Waals surface area contributed by atoms with E-state index >= 15 is 0 Å². The van der Waals surface area contributed by atoms with Gasteiger partial charge in [-0.15, -0.1) is 0 Å². The number of hydrogen-bond acceptors (Lipinski definition) is 9. The molecule has 0 saturated carbocycles. The van der Waals surface area contributed by atoms with Gasteiger partial charge in [0.2, 0.25) is 5.91 Å². The normalized spacial score (nSPS) is 22.9. The van der Waals surface area contributed by atoms with Crippen molar-refractivity contribution in [2.24, 2.45) is 5.92 Å². The van der Waals surface area contributed by atoms with Crippen molar-refractivity contribution < 1.29 is 38.8 Å². The van der Waals surface area contributed by atoms with E-state index in [1.54, 1.807) is 0 Å². The Hall–Kier alpha value is -5.40. The predicted octanol–water partition coefficient (Wildman–Crippen LogP) is 7.83. The van der Waals surface area contributed by atoms with Crippen LogP contribution in [0.3, 0.4) is 0 Å². The van der Waals surface area contributed by atoms with Crippen LogP contribution in [0.5, 0.6) is 0 Å². The van der Waals surface area contributed by atoms with Gasteiger partial charge < -0.3 is 34.6 Å². The Labute approximate surface area is 360 Å². The van der Waals surface area contributed by atoms with Crippen LogP contribution in [0.25, 0.3) is 11.1 Å². The van der Waals surface area contributed by atoms with E-state index in [-0.39, 0.29) is 50.2 Å². The summed E-state index contributed by atoms with van der Waals surface area (Å²) >= 11 is 6.12. The van der Waals surface area contributed by atoms with E-state index in [9.17, 15) is 24.6 Å². The van der Waals surface area contributed by atoms with Gasteiger partial charge in [-0.2, -0.15) is 0 Å². The van der Waals surface area contributed by atoms with E-state index in [1.165, 1.54) is 4.90 Å². The number of carbonyl (C=O) groups is 3. The van der Waals surface area contributed by atoms with E-state index < -0.39 is 29.9 Å². The maximum absolute atomic E-state index is 13.2. The molecule has 3 amide bonds. The maximum Gasteiger partial charge on any atom is 0.408 e. The third-order valence-electron chi connectivity index (χ3n) is 12.2. The maximum atomic E-state index is 13.2. The van der Waals surface area contributed by atoms with Gasteiger partial charge in [0, 0.05) is 36.1 Å². The molecular weight excluding hydrogens is 794 g/mol. The number of imide groups is 1. The number of nitrogens with one attached hydrogen (secondary N) is 1. The van der Waals surface area contributed by atoms with E-state index in [2.05, 4.69) is 17.1 Å². The van der Waals surface area contributed by atoms with Gasteiger partial charge >= 0.3 is 6.09 Å². The van der Waals surface area contributed by atoms with Crippen LogP contribution in [-0.2, 0) is 49.2 Å². The minimum atomic E-state index is -0.988. The summed E-state index contributed by atoms with van der Waals surface area (Å²) in [4.78, 5) is 42.2. The van der Waals surface area contributed by atoms with Gasteiger partial charge in [-0.25, -0.2) is 4.79 Å². The van der Waals surface area contributed by atoms with Gasteiger partial charge in [0.25, 0.3) is 5.91 Å². The lowest BCUT2D eigenvalue weighted by Crippen LogP contribution is -2.49. The number of ether oxygens (including phenoxy) is 3. The molecule has 0 radical (unpaired) electrons. The first-order chi connectivity index (χ1) is 29.5. The molecule has 11 nitrogen and oxygen atoms in total. The predicted molar refractivity (Wildman–Crippen MR) is 230 cm³/mol. The smallest absolute Gasteiger partial charge is 0.408 e. The molecule has 5 atom stereocenters. The van der Waals surface area contributed by atoms with Crippen molar-refractivity contribution in [2.45, 2.75) is 76.1 Å². The third-order valence-corrected chi connectivity index (χ3v) is 12.4. The molecule has 3 aliphatic heterocycles. The number of piperidine rings is 1. The van der Waals surface area contributed by atoms with Gasteiger partial charge in [-0.05, 0) is 70.0 Å². The first-order valence-electron chi connectivity index (χ1n) is 20.8. The molecule has 0 aliphatic carbocycles. The number of hydrogen-bond donors (Lipinski definition) is 3. The third kappa shape index (κ3) is 9.89. The van der Waals surface area contributed by atoms with Crippen LogP contribution in [0, 0.1) is 5.92 Å². The van der Waals surface area contributed by atoms with E-state index in [0.29, 0.717) is 37.5 Å². The second kappa shape index (κ2) is 18.7. The number of likely N-dealkylation sites (tertiary alicyclic amines) is 2. The number of benzene rings is 5. The number of halogens is 1. The monoisotopic (exact) mass is 843 g/mol. The molecule has 3 N–H and O–H groups in total. The first-order valence-corrected chi connectivity index (χ1v) is 21.1. The zero-order valence-corrected chi connectivity index (χ0v) is 34.7. The molecule has 0 spiro atoms. The number of nitrogens with zero attached hydrogens (tertiary/aromatic N) is 2. The highest BCUT2D eigenvalue weighted by atomic mass is 35.5. The van der Waals surface area contributed by atoms with Gasteiger partial charge in [-0.1, -0.05) is 128 Å². The van der Waals surface area contributed by atoms with Crippen LogP contribution < -0.4 is 5.32 Å². The van der Waals surface area contributed by atoms with Crippen LogP contribution in [0.15, 0.2) is 127 Å². The summed E-state index contributed by atoms with van der Waals surface area (Å²) in [7, 11) is 0. The SMILES string of the molecule is C[C@H]1[C@@H](CN2CCC(O)(c3ccc(Cl)cc3)CC2)O[C@@H](c2ccc(-c3cccc(CN4C(=O)CC(NC(=O)OCc5ccccc5)C4=O)c3)cc2)O[C@H]1c1ccc(CO)cc1. The summed E-state index contributed by atoms with van der Waals surface area (Å²) < 4.78 is 18.8. The van der Waals surface area contributed by atoms with Crippen LogP contribution in [-0.4, -0.2) is 69.7 Å². The zero-order valence-electron chi connectivity index (χ0n) is 34.0. The Bertz CT molecular complexity index is 2300. The highest BCUT2D eigenvalue weighted by molar-refractivity contribution is 6.30. The average Bonchev–Trinajstić information content (AvgIpc) is 3.54. The van der Waals surface area contributed by atoms with Crippen LogP contribution >= 0.6 is 11.6 Å². The van der Waals surface area contributed by atoms with E-state index in [0.717, 1.165) is 44.5 Å². The summed E-state index contributed by atoms with van der Waals surface area (Å²) in [6.07, 6.45) is -0.789. The van der Waals surface area contributed by atoms with Crippen molar-refractivity contribution in [3.8, 4) is 11.1 Å². The van der Waals surface area contributed by atoms with Crippen molar-refractivity contribution in [1.82, 2.24) is 15.1 Å². The molecule has 3 aliphatic rings. The molecule has 5 aromatic carbocycles. The van der Waals surface area contributed by atoms with E-state index in [1.807, 2.05) is 127 Å². The number of amides is 3. The zero-order chi connectivity index (χ0) is 42.5. The second-order valence-corrected chi connectivity index (χ2v) is 16.7. The molecule has 3 fully saturated rings. The highest BCUT2D eigenvalue weighted by Gasteiger charge is 2.42. The van der Waals surface area contributed by atoms with Crippen molar-refractivity contribution >= 4 is 29.5 Å². The largest absolute Gasteiger partial charge is 0.445 e. The standard InChI is InChI=1S/C49H50ClN3O8/c1-32-43(29-52-24-22-49(58,23-25-52)40-18-20-41(50)21-19-40)60-47(61-45(32)37-12-10-33(30-54)11-13-37)38-16-14-36(15-17-38)39-9-5-8-35(26-39)28-53-44(55)27-42(46(53)56)51-48(57)59-31-34-6-3-2-4-7-34/h2-21,26,32,42-43,45,47,54,58H,22-25,27-31H2,1H3,(H,51,57)/t32-,42?,43+,45+,47+/m0/s1. The number of aliphatic hydroxyl groups excluding tert-OH is 1. The van der Waals surface area contributed by atoms with E-state index in [4.69, 9.17) is 25.8 Å². The van der Waals surface area contributed by atoms with Crippen molar-refractivity contribution in [1.29, 1.82) is 0 Å². The molecular formula is C49H50ClN3O8. The summed E-state index contributed by atoms with van der Waals surface area (Å²) in [5.41, 5.74) is 6.09. The summed E-state index contributed by atoms with van der Waals surface area (Å²) in [6, 6.07) is 39.2. The second-order valence-electron chi connectivity index (χ2n) is 16.3. The number of alkyl carbamates (subject to hydrolysis) is 1. The quantitative estimate of drug-likeness (QED) is 0.107. The van der Waals surface area contributed by atoms with Gasteiger partial charge in [0.15, 0.2) is 6.29 Å². The minimum Gasteiger partial charge on any atom is -0.445 e. The van der Waals surface area contributed by atoms with Crippen molar-refractivity contribution in [2.75, 3.05) is 19.6 Å². The van der Waals surface area contributed by atoms with Crippen LogP contribution in [0.4, 0.5) is 4.79 Å². The molecule has 5 aromatic rings. The van der Waals surface area contributed by atoms with Crippen LogP contribution in [0.1, 0.15) is 72.0 Å². The highest BCUT2D eigenvalue weighted by Crippen LogP contribution is 2.43. The summed E-state index contributed by atoms with van der Waals surface area (Å²) in [5.74, 6) is -0.835. The lowest BCUT2D eigenvalue weighted by molar-refractivity contribution is -0.277. The number of carbonyl (C=O) groups excluding carboxylic acids is 3. The summed E-state index contributed by atoms with van der Waals surface area (Å²) in [5, 5.41) is 24.4. The molecule has 1 unspecified atom stereocenters. The summed E-state index contributed by atoms with van der Waals surface area (Å²) in [6.45, 7) is 4.33. The fraction of sp³-hybridized carbons (Fsp3) is 0.327. The van der Waals surface area contributed by atoms with Gasteiger partial charge in [-0.3, -0.25) is 14.5 Å². The first kappa shape index (κ1) is 42.3. The Morgan fingerprint density at radius 3 is 2.21 bits per heavy atom. The van der Waals surface area contributed by atoms with Crippen molar-refractivity contribution in [3.05, 3.63) is 166 Å². The molecule has 3 heterocycles. The Morgan fingerprint density at radius 1 is 0.820 bits per heavy atom. The number of aliphatic hydroxyl groups is 2. The molecule has 12 heteroatoms. The van der Waals surface area contributed by atoms with Crippen molar-refractivity contribution in [3.63, 3.8) is 0 Å². The number of rotatable bonds is 12. The fourth-order valence-corrected chi connectivity index (χ4v) is 8.60. The lowest BCUT2D eigenvalue weighted by Gasteiger charge is -2.45. The Morgan fingerprint density at radius 2 is 1.51 bits per heavy atom. The average molecular weight is 844 g/mol. The molecule has 61 heavy (non-hydrogen) atoms. The molecule has 3 saturated heterocycles. The molecule has 316 valence electrons. The van der Waals surface area contributed by atoms with Gasteiger partial charge in [0.1, 0.15) is 12.6 Å². The topological polar surface area (TPSA) is 138 Å². The molecule has 0 bridgehead atoms. The molecule has 0 aromatic heterocycles. The van der Waals surface area contributed by atoms with Crippen LogP contribution in [0.2, 0.25) is 5.02 Å². The minimum absolute atomic E-state index is 0.00389. The molecule has 8 rings (SSSR count). The lowest BCUT2D eigenvalue weighted by atomic mass is 9.84. The Balaban J connectivity index is 0.927.